The molecule has 0 aliphatic heterocycles. The first-order valence-corrected chi connectivity index (χ1v) is 3.07. The Morgan fingerprint density at radius 2 is 2.44 bits per heavy atom. The Morgan fingerprint density at radius 1 is 1.78 bits per heavy atom. The molecule has 54 valence electrons. The topological polar surface area (TPSA) is 38.3 Å². The number of halogens is 1. The summed E-state index contributed by atoms with van der Waals surface area (Å²) < 4.78 is 4.73. The second kappa shape index (κ2) is 5.85. The fourth-order valence-electron chi connectivity index (χ4n) is 0.403. The minimum absolute atomic E-state index is 0.508. The highest BCUT2D eigenvalue weighted by Crippen LogP contribution is 1.80. The third kappa shape index (κ3) is 7.72. The summed E-state index contributed by atoms with van der Waals surface area (Å²) in [5.41, 5.74) is 0. The van der Waals surface area contributed by atoms with Crippen molar-refractivity contribution >= 4 is 17.0 Å². The molecule has 0 saturated carbocycles. The summed E-state index contributed by atoms with van der Waals surface area (Å²) >= 11 is 4.97. The monoisotopic (exact) mass is 151 g/mol. The molecule has 0 aliphatic carbocycles. The first kappa shape index (κ1) is 8.72. The van der Waals surface area contributed by atoms with Gasteiger partial charge in [-0.2, -0.15) is 0 Å². The molecule has 3 nitrogen and oxygen atoms in total. The second-order valence-electron chi connectivity index (χ2n) is 1.55. The molecule has 0 aliphatic rings. The van der Waals surface area contributed by atoms with Crippen LogP contribution in [0.2, 0.25) is 0 Å². The molecule has 0 bridgehead atoms. The molecule has 0 rings (SSSR count). The van der Waals surface area contributed by atoms with Gasteiger partial charge in [-0.25, -0.2) is 0 Å². The molecule has 0 saturated heterocycles. The predicted octanol–water partition coefficient (Wildman–Crippen LogP) is 0.971. The summed E-state index contributed by atoms with van der Waals surface area (Å²) in [5, 5.41) is 1.92. The fourth-order valence-corrected chi connectivity index (χ4v) is 0.498. The van der Waals surface area contributed by atoms with Gasteiger partial charge in [-0.05, 0) is 18.0 Å². The van der Waals surface area contributed by atoms with E-state index in [4.69, 9.17) is 16.3 Å². The zero-order chi connectivity index (χ0) is 7.11. The van der Waals surface area contributed by atoms with Gasteiger partial charge in [0.25, 0.3) is 0 Å². The summed E-state index contributed by atoms with van der Waals surface area (Å²) in [6.07, 6.45) is 0.801. The van der Waals surface area contributed by atoms with Crippen LogP contribution in [0.4, 0.5) is 4.79 Å². The largest absolute Gasteiger partial charge is 0.385 e. The zero-order valence-electron chi connectivity index (χ0n) is 5.32. The van der Waals surface area contributed by atoms with Crippen molar-refractivity contribution in [3.8, 4) is 0 Å². The Balaban J connectivity index is 2.83. The van der Waals surface area contributed by atoms with Crippen molar-refractivity contribution in [1.82, 2.24) is 5.32 Å². The van der Waals surface area contributed by atoms with Crippen molar-refractivity contribution in [2.45, 2.75) is 6.42 Å². The average molecular weight is 152 g/mol. The fraction of sp³-hybridized carbons (Fsp3) is 0.800. The van der Waals surface area contributed by atoms with E-state index in [1.807, 2.05) is 0 Å². The second-order valence-corrected chi connectivity index (χ2v) is 1.89. The van der Waals surface area contributed by atoms with Crippen LogP contribution in [-0.4, -0.2) is 25.6 Å². The normalized spacial score (nSPS) is 9.11. The Bertz CT molecular complexity index is 87.0. The Kier molecular flexibility index (Phi) is 5.67. The number of nitrogens with one attached hydrogen (secondary N) is 1. The molecular weight excluding hydrogens is 142 g/mol. The molecular formula is C5H10ClNO2. The summed E-state index contributed by atoms with van der Waals surface area (Å²) in [6, 6.07) is 0. The highest BCUT2D eigenvalue weighted by Gasteiger charge is 1.90. The molecule has 4 heteroatoms. The molecule has 1 N–H and O–H groups in total. The summed E-state index contributed by atoms with van der Waals surface area (Å²) in [5.74, 6) is 0. The van der Waals surface area contributed by atoms with E-state index in [0.29, 0.717) is 13.2 Å². The molecule has 0 fully saturated rings. The minimum Gasteiger partial charge on any atom is -0.385 e. The molecule has 0 aromatic rings. The number of hydrogen-bond acceptors (Lipinski definition) is 2. The molecule has 1 amide bonds. The van der Waals surface area contributed by atoms with Gasteiger partial charge in [-0.3, -0.25) is 4.79 Å². The van der Waals surface area contributed by atoms with Crippen LogP contribution in [0.3, 0.4) is 0 Å². The first-order chi connectivity index (χ1) is 4.27. The van der Waals surface area contributed by atoms with Crippen molar-refractivity contribution in [1.29, 1.82) is 0 Å². The average Bonchev–Trinajstić information content (AvgIpc) is 1.80. The van der Waals surface area contributed by atoms with Gasteiger partial charge >= 0.3 is 5.37 Å². The van der Waals surface area contributed by atoms with Gasteiger partial charge < -0.3 is 10.1 Å². The van der Waals surface area contributed by atoms with Crippen LogP contribution < -0.4 is 5.32 Å². The molecule has 0 aromatic carbocycles. The van der Waals surface area contributed by atoms with Crippen LogP contribution in [0.25, 0.3) is 0 Å². The predicted molar refractivity (Wildman–Crippen MR) is 35.7 cm³/mol. The lowest BCUT2D eigenvalue weighted by Crippen LogP contribution is -2.18. The van der Waals surface area contributed by atoms with Gasteiger partial charge in [0.15, 0.2) is 0 Å². The molecule has 0 atom stereocenters. The van der Waals surface area contributed by atoms with Crippen LogP contribution in [0, 0.1) is 0 Å². The Labute approximate surface area is 59.3 Å². The molecule has 0 aromatic heterocycles. The Morgan fingerprint density at radius 3 is 2.89 bits per heavy atom. The molecule has 0 radical (unpaired) electrons. The number of hydrogen-bond donors (Lipinski definition) is 1. The Hall–Kier alpha value is -0.280. The minimum atomic E-state index is -0.508. The van der Waals surface area contributed by atoms with E-state index < -0.39 is 5.37 Å². The number of methoxy groups -OCH3 is 1. The highest BCUT2D eigenvalue weighted by atomic mass is 35.5. The van der Waals surface area contributed by atoms with E-state index in [1.54, 1.807) is 7.11 Å². The van der Waals surface area contributed by atoms with Gasteiger partial charge in [-0.15, -0.1) is 0 Å². The maximum atomic E-state index is 10.0. The van der Waals surface area contributed by atoms with Crippen molar-refractivity contribution in [3.05, 3.63) is 0 Å². The third-order valence-electron chi connectivity index (χ3n) is 0.789. The highest BCUT2D eigenvalue weighted by molar-refractivity contribution is 6.62. The van der Waals surface area contributed by atoms with Crippen molar-refractivity contribution in [2.24, 2.45) is 0 Å². The summed E-state index contributed by atoms with van der Waals surface area (Å²) in [7, 11) is 1.61. The van der Waals surface area contributed by atoms with Gasteiger partial charge in [0.1, 0.15) is 0 Å². The van der Waals surface area contributed by atoms with Gasteiger partial charge in [-0.1, -0.05) is 0 Å². The third-order valence-corrected chi connectivity index (χ3v) is 0.923. The van der Waals surface area contributed by atoms with Crippen LogP contribution in [-0.2, 0) is 4.74 Å². The molecule has 0 heterocycles. The van der Waals surface area contributed by atoms with E-state index >= 15 is 0 Å². The van der Waals surface area contributed by atoms with Crippen LogP contribution in [0.5, 0.6) is 0 Å². The van der Waals surface area contributed by atoms with Crippen LogP contribution >= 0.6 is 11.6 Å². The number of carbonyl (C=O) groups excluding carboxylic acids is 1. The summed E-state index contributed by atoms with van der Waals surface area (Å²) in [4.78, 5) is 10.0. The van der Waals surface area contributed by atoms with Crippen molar-refractivity contribution in [2.75, 3.05) is 20.3 Å². The van der Waals surface area contributed by atoms with Gasteiger partial charge in [0.2, 0.25) is 0 Å². The quantitative estimate of drug-likeness (QED) is 0.370. The van der Waals surface area contributed by atoms with E-state index in [-0.39, 0.29) is 0 Å². The number of amides is 1. The molecule has 0 spiro atoms. The summed E-state index contributed by atoms with van der Waals surface area (Å²) in [6.45, 7) is 1.23. The first-order valence-electron chi connectivity index (χ1n) is 2.69. The lowest BCUT2D eigenvalue weighted by Gasteiger charge is -1.97. The van der Waals surface area contributed by atoms with Crippen molar-refractivity contribution in [3.63, 3.8) is 0 Å². The van der Waals surface area contributed by atoms with E-state index in [2.05, 4.69) is 5.32 Å². The lowest BCUT2D eigenvalue weighted by atomic mass is 10.5. The lowest BCUT2D eigenvalue weighted by molar-refractivity contribution is 0.194. The zero-order valence-corrected chi connectivity index (χ0v) is 6.07. The SMILES string of the molecule is COCCCNC(=O)Cl. The number of rotatable bonds is 4. The van der Waals surface area contributed by atoms with Crippen LogP contribution in [0.15, 0.2) is 0 Å². The molecule has 9 heavy (non-hydrogen) atoms. The van der Waals surface area contributed by atoms with E-state index in [1.165, 1.54) is 0 Å². The maximum absolute atomic E-state index is 10.0. The maximum Gasteiger partial charge on any atom is 0.313 e. The van der Waals surface area contributed by atoms with Gasteiger partial charge in [0.05, 0.1) is 0 Å². The van der Waals surface area contributed by atoms with Gasteiger partial charge in [0, 0.05) is 20.3 Å². The van der Waals surface area contributed by atoms with E-state index in [9.17, 15) is 4.79 Å². The van der Waals surface area contributed by atoms with E-state index in [0.717, 1.165) is 6.42 Å². The molecule has 0 unspecified atom stereocenters. The number of ether oxygens (including phenoxy) is 1. The van der Waals surface area contributed by atoms with Crippen LogP contribution in [0.1, 0.15) is 6.42 Å². The van der Waals surface area contributed by atoms with Crippen molar-refractivity contribution < 1.29 is 9.53 Å². The standard InChI is InChI=1S/C5H10ClNO2/c1-9-4-2-3-7-5(6)8/h2-4H2,1H3,(H,7,8). The smallest absolute Gasteiger partial charge is 0.313 e. The number of carbonyl (C=O) groups is 1.